The van der Waals surface area contributed by atoms with Crippen molar-refractivity contribution in [1.29, 1.82) is 0 Å². The first-order valence-corrected chi connectivity index (χ1v) is 9.51. The van der Waals surface area contributed by atoms with Gasteiger partial charge in [0.15, 0.2) is 5.82 Å². The Hall–Kier alpha value is -1.47. The maximum absolute atomic E-state index is 12.0. The van der Waals surface area contributed by atoms with E-state index >= 15 is 0 Å². The Morgan fingerprint density at radius 1 is 1.42 bits per heavy atom. The lowest BCUT2D eigenvalue weighted by atomic mass is 10.2. The summed E-state index contributed by atoms with van der Waals surface area (Å²) in [6, 6.07) is 3.88. The van der Waals surface area contributed by atoms with Gasteiger partial charge in [0.05, 0.1) is 17.0 Å². The zero-order valence-corrected chi connectivity index (χ0v) is 15.9. The number of carbonyl (C=O) groups excluding carboxylic acids is 1. The van der Waals surface area contributed by atoms with Crippen LogP contribution in [0.4, 0.5) is 0 Å². The van der Waals surface area contributed by atoms with Crippen LogP contribution in [0, 0.1) is 6.92 Å². The van der Waals surface area contributed by atoms with Crippen molar-refractivity contribution in [1.82, 2.24) is 9.97 Å². The first kappa shape index (κ1) is 17.4. The van der Waals surface area contributed by atoms with Crippen LogP contribution >= 0.6 is 45.9 Å². The second kappa shape index (κ2) is 7.19. The lowest BCUT2D eigenvalue weighted by molar-refractivity contribution is 0.0531. The Morgan fingerprint density at radius 2 is 2.21 bits per heavy atom. The second-order valence-electron chi connectivity index (χ2n) is 4.80. The van der Waals surface area contributed by atoms with Crippen molar-refractivity contribution in [2.45, 2.75) is 13.8 Å². The van der Waals surface area contributed by atoms with Crippen LogP contribution in [0.2, 0.25) is 5.15 Å². The monoisotopic (exact) mass is 398 g/mol. The fraction of sp³-hybridized carbons (Fsp3) is 0.188. The van der Waals surface area contributed by atoms with E-state index in [1.54, 1.807) is 24.3 Å². The van der Waals surface area contributed by atoms with Crippen molar-refractivity contribution < 1.29 is 9.53 Å². The van der Waals surface area contributed by atoms with Crippen molar-refractivity contribution in [3.8, 4) is 0 Å². The van der Waals surface area contributed by atoms with Gasteiger partial charge >= 0.3 is 5.97 Å². The number of halogens is 2. The van der Waals surface area contributed by atoms with Crippen LogP contribution in [0.25, 0.3) is 21.3 Å². The molecule has 0 bridgehead atoms. The third-order valence-corrected chi connectivity index (χ3v) is 5.77. The Balaban J connectivity index is 2.09. The van der Waals surface area contributed by atoms with E-state index in [2.05, 4.69) is 9.97 Å². The summed E-state index contributed by atoms with van der Waals surface area (Å²) in [4.78, 5) is 22.9. The van der Waals surface area contributed by atoms with Crippen LogP contribution in [-0.4, -0.2) is 22.5 Å². The average molecular weight is 399 g/mol. The highest BCUT2D eigenvalue weighted by molar-refractivity contribution is 7.20. The summed E-state index contributed by atoms with van der Waals surface area (Å²) in [5.41, 5.74) is 0.725. The zero-order chi connectivity index (χ0) is 17.3. The van der Waals surface area contributed by atoms with E-state index in [1.807, 2.05) is 24.4 Å². The molecule has 124 valence electrons. The summed E-state index contributed by atoms with van der Waals surface area (Å²) in [7, 11) is 0. The standard InChI is InChI=1S/C16H12Cl2N2O2S2/c1-3-22-16(21)12-8(2)11-13(18)19-14(20-15(11)24-12)10(17)7-9-5-4-6-23-9/h4-7H,3H2,1-2H3/b10-7-. The molecule has 0 radical (unpaired) electrons. The van der Waals surface area contributed by atoms with Gasteiger partial charge < -0.3 is 4.74 Å². The van der Waals surface area contributed by atoms with Crippen LogP contribution in [0.1, 0.15) is 32.9 Å². The molecule has 0 N–H and O–H groups in total. The molecule has 0 aliphatic rings. The first-order chi connectivity index (χ1) is 11.5. The molecular formula is C16H12Cl2N2O2S2. The van der Waals surface area contributed by atoms with Gasteiger partial charge in [0.2, 0.25) is 0 Å². The third-order valence-electron chi connectivity index (χ3n) is 3.23. The highest BCUT2D eigenvalue weighted by atomic mass is 35.5. The zero-order valence-electron chi connectivity index (χ0n) is 12.8. The number of nitrogens with zero attached hydrogens (tertiary/aromatic N) is 2. The van der Waals surface area contributed by atoms with E-state index in [0.717, 1.165) is 10.4 Å². The number of esters is 1. The molecule has 0 aliphatic carbocycles. The molecule has 0 atom stereocenters. The molecule has 8 heteroatoms. The molecule has 0 saturated heterocycles. The van der Waals surface area contributed by atoms with Gasteiger partial charge in [-0.15, -0.1) is 22.7 Å². The number of carbonyl (C=O) groups is 1. The van der Waals surface area contributed by atoms with Gasteiger partial charge in [-0.05, 0) is 36.9 Å². The van der Waals surface area contributed by atoms with Gasteiger partial charge in [0, 0.05) is 4.88 Å². The van der Waals surface area contributed by atoms with Crippen LogP contribution in [0.15, 0.2) is 17.5 Å². The summed E-state index contributed by atoms with van der Waals surface area (Å²) >= 11 is 15.4. The number of ether oxygens (including phenoxy) is 1. The molecule has 3 aromatic rings. The minimum Gasteiger partial charge on any atom is -0.462 e. The molecule has 3 aromatic heterocycles. The number of fused-ring (bicyclic) bond motifs is 1. The van der Waals surface area contributed by atoms with Gasteiger partial charge in [-0.2, -0.15) is 0 Å². The summed E-state index contributed by atoms with van der Waals surface area (Å²) in [5, 5.41) is 3.29. The van der Waals surface area contributed by atoms with Gasteiger partial charge in [-0.25, -0.2) is 14.8 Å². The quantitative estimate of drug-likeness (QED) is 0.422. The van der Waals surface area contributed by atoms with Gasteiger partial charge in [0.1, 0.15) is 14.9 Å². The summed E-state index contributed by atoms with van der Waals surface area (Å²) in [5.74, 6) is -0.0462. The van der Waals surface area contributed by atoms with E-state index < -0.39 is 0 Å². The topological polar surface area (TPSA) is 52.1 Å². The van der Waals surface area contributed by atoms with Crippen LogP contribution in [-0.2, 0) is 4.74 Å². The van der Waals surface area contributed by atoms with Crippen LogP contribution < -0.4 is 0 Å². The van der Waals surface area contributed by atoms with E-state index in [0.29, 0.717) is 32.6 Å². The summed E-state index contributed by atoms with van der Waals surface area (Å²) in [6.45, 7) is 3.89. The highest BCUT2D eigenvalue weighted by Gasteiger charge is 2.21. The van der Waals surface area contributed by atoms with Crippen molar-refractivity contribution in [2.24, 2.45) is 0 Å². The number of hydrogen-bond acceptors (Lipinski definition) is 6. The predicted molar refractivity (Wildman–Crippen MR) is 101 cm³/mol. The van der Waals surface area contributed by atoms with Crippen LogP contribution in [0.3, 0.4) is 0 Å². The van der Waals surface area contributed by atoms with Crippen molar-refractivity contribution in [3.05, 3.63) is 43.8 Å². The van der Waals surface area contributed by atoms with Crippen LogP contribution in [0.5, 0.6) is 0 Å². The molecule has 0 aliphatic heterocycles. The molecule has 3 heterocycles. The maximum atomic E-state index is 12.0. The number of rotatable bonds is 4. The smallest absolute Gasteiger partial charge is 0.348 e. The van der Waals surface area contributed by atoms with Crippen molar-refractivity contribution in [3.63, 3.8) is 0 Å². The molecule has 0 saturated carbocycles. The SMILES string of the molecule is CCOC(=O)c1sc2nc(/C(Cl)=C/c3cccs3)nc(Cl)c2c1C. The highest BCUT2D eigenvalue weighted by Crippen LogP contribution is 2.35. The fourth-order valence-electron chi connectivity index (χ4n) is 2.15. The van der Waals surface area contributed by atoms with Gasteiger partial charge in [-0.3, -0.25) is 0 Å². The van der Waals surface area contributed by atoms with Gasteiger partial charge in [0.25, 0.3) is 0 Å². The Kier molecular flexibility index (Phi) is 5.20. The maximum Gasteiger partial charge on any atom is 0.348 e. The van der Waals surface area contributed by atoms with E-state index in [4.69, 9.17) is 27.9 Å². The Labute approximate surface area is 156 Å². The lowest BCUT2D eigenvalue weighted by Crippen LogP contribution is -2.03. The predicted octanol–water partition coefficient (Wildman–Crippen LogP) is 5.63. The Morgan fingerprint density at radius 3 is 2.88 bits per heavy atom. The second-order valence-corrected chi connectivity index (χ2v) is 7.55. The molecule has 24 heavy (non-hydrogen) atoms. The number of thiophene rings is 2. The average Bonchev–Trinajstić information content (AvgIpc) is 3.15. The minimum absolute atomic E-state index is 0.275. The minimum atomic E-state index is -0.379. The molecule has 0 unspecified atom stereocenters. The summed E-state index contributed by atoms with van der Waals surface area (Å²) in [6.07, 6.45) is 1.79. The Bertz CT molecular complexity index is 933. The molecule has 0 spiro atoms. The fourth-order valence-corrected chi connectivity index (χ4v) is 4.52. The molecule has 3 rings (SSSR count). The van der Waals surface area contributed by atoms with E-state index in [9.17, 15) is 4.79 Å². The van der Waals surface area contributed by atoms with E-state index in [1.165, 1.54) is 11.3 Å². The number of aromatic nitrogens is 2. The normalized spacial score (nSPS) is 11.9. The van der Waals surface area contributed by atoms with Gasteiger partial charge in [-0.1, -0.05) is 29.3 Å². The largest absolute Gasteiger partial charge is 0.462 e. The van der Waals surface area contributed by atoms with Crippen molar-refractivity contribution >= 4 is 73.2 Å². The molecule has 0 aromatic carbocycles. The van der Waals surface area contributed by atoms with E-state index in [-0.39, 0.29) is 11.1 Å². The molecule has 0 amide bonds. The third kappa shape index (κ3) is 3.32. The molecule has 4 nitrogen and oxygen atoms in total. The first-order valence-electron chi connectivity index (χ1n) is 7.06. The number of aryl methyl sites for hydroxylation is 1. The molecule has 0 fully saturated rings. The molecular weight excluding hydrogens is 387 g/mol. The summed E-state index contributed by atoms with van der Waals surface area (Å²) < 4.78 is 5.07. The lowest BCUT2D eigenvalue weighted by Gasteiger charge is -2.01. The number of hydrogen-bond donors (Lipinski definition) is 0. The van der Waals surface area contributed by atoms with Crippen molar-refractivity contribution in [2.75, 3.05) is 6.61 Å².